The minimum absolute atomic E-state index is 0.0834. The van der Waals surface area contributed by atoms with E-state index in [4.69, 9.17) is 0 Å². The van der Waals surface area contributed by atoms with E-state index in [1.54, 1.807) is 24.3 Å². The normalized spacial score (nSPS) is 16.3. The third kappa shape index (κ3) is 3.97. The number of fused-ring (bicyclic) bond motifs is 1. The van der Waals surface area contributed by atoms with Crippen molar-refractivity contribution >= 4 is 21.7 Å². The van der Waals surface area contributed by atoms with Crippen molar-refractivity contribution < 1.29 is 27.6 Å². The molecule has 3 aromatic carbocycles. The summed E-state index contributed by atoms with van der Waals surface area (Å²) >= 11 is 0. The van der Waals surface area contributed by atoms with E-state index in [0.29, 0.717) is 22.3 Å². The Balaban J connectivity index is 1.68. The van der Waals surface area contributed by atoms with E-state index in [1.807, 2.05) is 0 Å². The third-order valence-electron chi connectivity index (χ3n) is 5.41. The van der Waals surface area contributed by atoms with Gasteiger partial charge < -0.3 is 5.11 Å². The Morgan fingerprint density at radius 1 is 1.00 bits per heavy atom. The molecule has 1 N–H and O–H groups in total. The van der Waals surface area contributed by atoms with Crippen LogP contribution in [-0.4, -0.2) is 34.8 Å². The molecule has 0 aliphatic carbocycles. The van der Waals surface area contributed by atoms with Crippen LogP contribution in [0.15, 0.2) is 71.6 Å². The Kier molecular flexibility index (Phi) is 5.49. The maximum atomic E-state index is 13.3. The number of nitro benzene ring substituents is 1. The lowest BCUT2D eigenvalue weighted by molar-refractivity contribution is -0.384. The van der Waals surface area contributed by atoms with E-state index in [0.717, 1.165) is 4.31 Å². The van der Waals surface area contributed by atoms with Gasteiger partial charge in [-0.15, -0.1) is 0 Å². The summed E-state index contributed by atoms with van der Waals surface area (Å²) in [6.45, 7) is -0.216. The highest BCUT2D eigenvalue weighted by Gasteiger charge is 2.40. The minimum atomic E-state index is -4.17. The zero-order valence-electron chi connectivity index (χ0n) is 16.5. The summed E-state index contributed by atoms with van der Waals surface area (Å²) in [5.74, 6) is -1.72. The maximum absolute atomic E-state index is 13.3. The number of hydrogen-bond acceptors (Lipinski definition) is 5. The average Bonchev–Trinajstić information content (AvgIpc) is 2.78. The number of non-ortho nitro benzene ring substituents is 1. The molecule has 0 saturated carbocycles. The van der Waals surface area contributed by atoms with Crippen LogP contribution in [-0.2, 0) is 27.8 Å². The fraction of sp³-hybridized carbons (Fsp3) is 0.136. The Labute approximate surface area is 182 Å². The summed E-state index contributed by atoms with van der Waals surface area (Å²) < 4.78 is 40.6. The summed E-state index contributed by atoms with van der Waals surface area (Å²) in [5.41, 5.74) is 2.15. The number of halogens is 1. The van der Waals surface area contributed by atoms with Crippen molar-refractivity contribution in [1.29, 1.82) is 0 Å². The van der Waals surface area contributed by atoms with Gasteiger partial charge in [-0.25, -0.2) is 12.8 Å². The van der Waals surface area contributed by atoms with Crippen molar-refractivity contribution in [3.63, 3.8) is 0 Å². The first-order chi connectivity index (χ1) is 15.2. The first kappa shape index (κ1) is 21.6. The topological polar surface area (TPSA) is 118 Å². The molecule has 164 valence electrons. The second kappa shape index (κ2) is 8.13. The molecular formula is C22H17FN2O6S. The highest BCUT2D eigenvalue weighted by atomic mass is 32.2. The van der Waals surface area contributed by atoms with Crippen LogP contribution >= 0.6 is 0 Å². The Bertz CT molecular complexity index is 1310. The molecule has 0 saturated heterocycles. The van der Waals surface area contributed by atoms with E-state index >= 15 is 0 Å². The van der Waals surface area contributed by atoms with Gasteiger partial charge in [0.15, 0.2) is 0 Å². The van der Waals surface area contributed by atoms with Crippen molar-refractivity contribution in [2.24, 2.45) is 0 Å². The quantitative estimate of drug-likeness (QED) is 0.463. The van der Waals surface area contributed by atoms with Gasteiger partial charge >= 0.3 is 5.97 Å². The Hall–Kier alpha value is -3.63. The largest absolute Gasteiger partial charge is 0.480 e. The minimum Gasteiger partial charge on any atom is -0.480 e. The van der Waals surface area contributed by atoms with Gasteiger partial charge in [-0.3, -0.25) is 14.9 Å². The van der Waals surface area contributed by atoms with Crippen LogP contribution in [0.4, 0.5) is 10.1 Å². The Morgan fingerprint density at radius 3 is 2.16 bits per heavy atom. The summed E-state index contributed by atoms with van der Waals surface area (Å²) in [6.07, 6.45) is -0.181. The molecule has 0 bridgehead atoms. The number of carbonyl (C=O) groups is 1. The van der Waals surface area contributed by atoms with Crippen molar-refractivity contribution in [2.75, 3.05) is 0 Å². The molecule has 0 fully saturated rings. The van der Waals surface area contributed by atoms with Crippen molar-refractivity contribution in [1.82, 2.24) is 4.31 Å². The lowest BCUT2D eigenvalue weighted by Gasteiger charge is -2.33. The predicted octanol–water partition coefficient (Wildman–Crippen LogP) is 3.60. The number of nitro groups is 1. The molecule has 1 aliphatic rings. The smallest absolute Gasteiger partial charge is 0.322 e. The molecular weight excluding hydrogens is 439 g/mol. The monoisotopic (exact) mass is 456 g/mol. The van der Waals surface area contributed by atoms with E-state index < -0.39 is 27.0 Å². The zero-order chi connectivity index (χ0) is 23.0. The highest BCUT2D eigenvalue weighted by Crippen LogP contribution is 2.32. The van der Waals surface area contributed by atoms with E-state index in [1.165, 1.54) is 42.5 Å². The number of nitrogens with zero attached hydrogens (tertiary/aromatic N) is 2. The van der Waals surface area contributed by atoms with Crippen LogP contribution in [0.2, 0.25) is 0 Å². The fourth-order valence-corrected chi connectivity index (χ4v) is 5.28. The molecule has 0 spiro atoms. The van der Waals surface area contributed by atoms with Crippen LogP contribution in [0.3, 0.4) is 0 Å². The van der Waals surface area contributed by atoms with Gasteiger partial charge in [-0.2, -0.15) is 4.31 Å². The molecule has 1 heterocycles. The predicted molar refractivity (Wildman–Crippen MR) is 113 cm³/mol. The summed E-state index contributed by atoms with van der Waals surface area (Å²) in [7, 11) is -4.17. The van der Waals surface area contributed by atoms with Crippen molar-refractivity contribution in [3.8, 4) is 11.1 Å². The number of hydrogen-bond donors (Lipinski definition) is 1. The molecule has 1 atom stereocenters. The number of benzene rings is 3. The first-order valence-corrected chi connectivity index (χ1v) is 11.0. The van der Waals surface area contributed by atoms with Gasteiger partial charge in [-0.1, -0.05) is 30.3 Å². The highest BCUT2D eigenvalue weighted by molar-refractivity contribution is 7.89. The summed E-state index contributed by atoms with van der Waals surface area (Å²) in [4.78, 5) is 22.2. The number of sulfonamides is 1. The number of carboxylic acids is 1. The van der Waals surface area contributed by atoms with Crippen LogP contribution in [0.5, 0.6) is 0 Å². The zero-order valence-corrected chi connectivity index (χ0v) is 17.3. The van der Waals surface area contributed by atoms with E-state index in [2.05, 4.69) is 0 Å². The molecule has 8 nitrogen and oxygen atoms in total. The Morgan fingerprint density at radius 2 is 1.59 bits per heavy atom. The lowest BCUT2D eigenvalue weighted by atomic mass is 9.95. The average molecular weight is 456 g/mol. The molecule has 3 aromatic rings. The number of aliphatic carboxylic acids is 1. The molecule has 0 radical (unpaired) electrons. The van der Waals surface area contributed by atoms with Crippen molar-refractivity contribution in [2.45, 2.75) is 23.9 Å². The number of rotatable bonds is 5. The summed E-state index contributed by atoms with van der Waals surface area (Å²) in [5, 5.41) is 20.7. The molecule has 0 aromatic heterocycles. The van der Waals surface area contributed by atoms with Gasteiger partial charge in [-0.05, 0) is 46.5 Å². The van der Waals surface area contributed by atoms with Crippen LogP contribution < -0.4 is 0 Å². The second-order valence-corrected chi connectivity index (χ2v) is 9.24. The summed E-state index contributed by atoms with van der Waals surface area (Å²) in [6, 6.07) is 14.2. The first-order valence-electron chi connectivity index (χ1n) is 9.53. The van der Waals surface area contributed by atoms with Crippen molar-refractivity contribution in [3.05, 3.63) is 93.8 Å². The second-order valence-electron chi connectivity index (χ2n) is 7.35. The lowest BCUT2D eigenvalue weighted by Crippen LogP contribution is -2.48. The maximum Gasteiger partial charge on any atom is 0.322 e. The van der Waals surface area contributed by atoms with Gasteiger partial charge in [0, 0.05) is 25.1 Å². The van der Waals surface area contributed by atoms with Crippen LogP contribution in [0, 0.1) is 15.9 Å². The van der Waals surface area contributed by atoms with Crippen LogP contribution in [0.1, 0.15) is 11.1 Å². The fourth-order valence-electron chi connectivity index (χ4n) is 3.72. The number of carboxylic acid groups (broad SMARTS) is 1. The van der Waals surface area contributed by atoms with Gasteiger partial charge in [0.2, 0.25) is 10.0 Å². The molecule has 0 unspecified atom stereocenters. The molecule has 10 heteroatoms. The molecule has 32 heavy (non-hydrogen) atoms. The third-order valence-corrected chi connectivity index (χ3v) is 7.28. The molecule has 0 amide bonds. The van der Waals surface area contributed by atoms with Gasteiger partial charge in [0.25, 0.3) is 5.69 Å². The molecule has 4 rings (SSSR count). The standard InChI is InChI=1S/C22H17FN2O6S/c23-18-6-1-14(2-7-18)15-4-9-20(10-5-15)32(30,31)24-13-16-3-8-19(25(28)29)11-17(16)12-21(24)22(26)27/h1-11,21H,12-13H2,(H,26,27)/t21-/m1/s1. The van der Waals surface area contributed by atoms with E-state index in [9.17, 15) is 32.8 Å². The van der Waals surface area contributed by atoms with Gasteiger partial charge in [0.1, 0.15) is 11.9 Å². The van der Waals surface area contributed by atoms with Crippen LogP contribution in [0.25, 0.3) is 11.1 Å². The SMILES string of the molecule is O=C(O)[C@H]1Cc2cc([N+](=O)[O-])ccc2CN1S(=O)(=O)c1ccc(-c2ccc(F)cc2)cc1. The van der Waals surface area contributed by atoms with Gasteiger partial charge in [0.05, 0.1) is 9.82 Å². The molecule has 1 aliphatic heterocycles. The van der Waals surface area contributed by atoms with E-state index in [-0.39, 0.29) is 29.4 Å².